The van der Waals surface area contributed by atoms with E-state index in [1.807, 2.05) is 67.7 Å². The SMILES string of the molecule is CN1CCN(C(=O)[C@H](CCC(N)=O)NC(=O)c2ccc(OCc3ccccc3)cc2OCc2ccccc2)CC1.Cl. The smallest absolute Gasteiger partial charge is 0.255 e. The average molecular weight is 581 g/mol. The number of nitrogens with two attached hydrogens (primary N) is 1. The van der Waals surface area contributed by atoms with Crippen molar-refractivity contribution in [1.29, 1.82) is 0 Å². The van der Waals surface area contributed by atoms with E-state index in [2.05, 4.69) is 10.2 Å². The van der Waals surface area contributed by atoms with Crippen LogP contribution in [0, 0.1) is 0 Å². The zero-order chi connectivity index (χ0) is 28.3. The number of carbonyl (C=O) groups excluding carboxylic acids is 3. The van der Waals surface area contributed by atoms with Crippen LogP contribution >= 0.6 is 12.4 Å². The molecule has 3 N–H and O–H groups in total. The van der Waals surface area contributed by atoms with Crippen molar-refractivity contribution in [2.45, 2.75) is 32.1 Å². The number of likely N-dealkylation sites (N-methyl/N-ethyl adjacent to an activating group) is 1. The highest BCUT2D eigenvalue weighted by Crippen LogP contribution is 2.27. The van der Waals surface area contributed by atoms with Crippen LogP contribution in [0.1, 0.15) is 34.3 Å². The molecule has 1 saturated heterocycles. The number of hydrogen-bond acceptors (Lipinski definition) is 6. The highest BCUT2D eigenvalue weighted by Gasteiger charge is 2.29. The van der Waals surface area contributed by atoms with Crippen molar-refractivity contribution in [3.05, 3.63) is 95.6 Å². The molecule has 3 amide bonds. The van der Waals surface area contributed by atoms with E-state index >= 15 is 0 Å². The van der Waals surface area contributed by atoms with Gasteiger partial charge in [-0.25, -0.2) is 0 Å². The van der Waals surface area contributed by atoms with Gasteiger partial charge in [0.15, 0.2) is 0 Å². The second-order valence-corrected chi connectivity index (χ2v) is 9.87. The standard InChI is InChI=1S/C31H36N4O5.ClH/c1-34-16-18-35(19-17-34)31(38)27(14-15-29(32)36)33-30(37)26-13-12-25(39-21-23-8-4-2-5-9-23)20-28(26)40-22-24-10-6-3-7-11-24;/h2-13,20,27H,14-19,21-22H2,1H3,(H2,32,36)(H,33,37);1H/t27-;/m0./s1. The molecule has 1 atom stereocenters. The molecule has 1 aliphatic heterocycles. The van der Waals surface area contributed by atoms with E-state index in [9.17, 15) is 14.4 Å². The summed E-state index contributed by atoms with van der Waals surface area (Å²) in [5.74, 6) is -0.362. The van der Waals surface area contributed by atoms with Gasteiger partial charge in [0.2, 0.25) is 11.8 Å². The van der Waals surface area contributed by atoms with E-state index in [0.29, 0.717) is 31.2 Å². The number of rotatable bonds is 12. The minimum atomic E-state index is -0.889. The number of nitrogens with one attached hydrogen (secondary N) is 1. The molecule has 3 aromatic carbocycles. The number of hydrogen-bond donors (Lipinski definition) is 2. The molecule has 3 aromatic rings. The van der Waals surface area contributed by atoms with E-state index in [-0.39, 0.29) is 43.3 Å². The van der Waals surface area contributed by atoms with Gasteiger partial charge in [-0.05, 0) is 36.7 Å². The monoisotopic (exact) mass is 580 g/mol. The van der Waals surface area contributed by atoms with Gasteiger partial charge in [0.05, 0.1) is 5.56 Å². The van der Waals surface area contributed by atoms with Gasteiger partial charge in [0.1, 0.15) is 30.8 Å². The molecular weight excluding hydrogens is 544 g/mol. The molecule has 0 saturated carbocycles. The van der Waals surface area contributed by atoms with Crippen molar-refractivity contribution >= 4 is 30.1 Å². The lowest BCUT2D eigenvalue weighted by Crippen LogP contribution is -2.54. The second kappa shape index (κ2) is 15.6. The van der Waals surface area contributed by atoms with E-state index < -0.39 is 17.9 Å². The molecule has 1 fully saturated rings. The Hall–Kier alpha value is -4.08. The molecule has 0 unspecified atom stereocenters. The van der Waals surface area contributed by atoms with Crippen LogP contribution in [-0.4, -0.2) is 66.8 Å². The Morgan fingerprint density at radius 2 is 1.44 bits per heavy atom. The van der Waals surface area contributed by atoms with Crippen LogP contribution in [0.15, 0.2) is 78.9 Å². The molecule has 0 radical (unpaired) electrons. The van der Waals surface area contributed by atoms with E-state index in [1.54, 1.807) is 23.1 Å². The van der Waals surface area contributed by atoms with Crippen LogP contribution in [0.4, 0.5) is 0 Å². The van der Waals surface area contributed by atoms with Crippen LogP contribution < -0.4 is 20.5 Å². The predicted molar refractivity (Wildman–Crippen MR) is 159 cm³/mol. The molecule has 1 aliphatic rings. The van der Waals surface area contributed by atoms with Crippen molar-refractivity contribution in [3.8, 4) is 11.5 Å². The van der Waals surface area contributed by atoms with Crippen molar-refractivity contribution < 1.29 is 23.9 Å². The van der Waals surface area contributed by atoms with Gasteiger partial charge in [0, 0.05) is 38.7 Å². The van der Waals surface area contributed by atoms with Crippen molar-refractivity contribution in [2.75, 3.05) is 33.2 Å². The van der Waals surface area contributed by atoms with E-state index in [0.717, 1.165) is 24.2 Å². The summed E-state index contributed by atoms with van der Waals surface area (Å²) >= 11 is 0. The minimum absolute atomic E-state index is 0. The quantitative estimate of drug-likeness (QED) is 0.339. The number of amides is 3. The van der Waals surface area contributed by atoms with Crippen LogP contribution in [-0.2, 0) is 22.8 Å². The summed E-state index contributed by atoms with van der Waals surface area (Å²) in [6.45, 7) is 3.19. The first kappa shape index (κ1) is 31.4. The molecule has 0 bridgehead atoms. The van der Waals surface area contributed by atoms with Crippen molar-refractivity contribution in [1.82, 2.24) is 15.1 Å². The third-order valence-corrected chi connectivity index (χ3v) is 6.78. The van der Waals surface area contributed by atoms with Gasteiger partial charge in [-0.2, -0.15) is 0 Å². The Bertz CT molecular complexity index is 1280. The molecule has 4 rings (SSSR count). The van der Waals surface area contributed by atoms with Gasteiger partial charge >= 0.3 is 0 Å². The summed E-state index contributed by atoms with van der Waals surface area (Å²) in [5.41, 5.74) is 7.58. The zero-order valence-electron chi connectivity index (χ0n) is 23.2. The van der Waals surface area contributed by atoms with E-state index in [4.69, 9.17) is 15.2 Å². The Morgan fingerprint density at radius 1 is 0.854 bits per heavy atom. The predicted octanol–water partition coefficient (Wildman–Crippen LogP) is 3.40. The summed E-state index contributed by atoms with van der Waals surface area (Å²) < 4.78 is 12.1. The highest BCUT2D eigenvalue weighted by atomic mass is 35.5. The lowest BCUT2D eigenvalue weighted by molar-refractivity contribution is -0.135. The van der Waals surface area contributed by atoms with Crippen molar-refractivity contribution in [2.24, 2.45) is 5.73 Å². The highest BCUT2D eigenvalue weighted by molar-refractivity contribution is 6.00. The normalized spacial score (nSPS) is 13.9. The molecular formula is C31H37ClN4O5. The fourth-order valence-electron chi connectivity index (χ4n) is 4.40. The van der Waals surface area contributed by atoms with Gasteiger partial charge in [0.25, 0.3) is 5.91 Å². The molecule has 0 aromatic heterocycles. The van der Waals surface area contributed by atoms with Crippen LogP contribution in [0.25, 0.3) is 0 Å². The summed E-state index contributed by atoms with van der Waals surface area (Å²) in [6.07, 6.45) is 0.0960. The van der Waals surface area contributed by atoms with Gasteiger partial charge in [-0.15, -0.1) is 12.4 Å². The molecule has 1 heterocycles. The first-order chi connectivity index (χ1) is 19.4. The summed E-state index contributed by atoms with van der Waals surface area (Å²) in [5, 5.41) is 2.84. The molecule has 9 nitrogen and oxygen atoms in total. The third kappa shape index (κ3) is 9.51. The first-order valence-corrected chi connectivity index (χ1v) is 13.4. The summed E-state index contributed by atoms with van der Waals surface area (Å²) in [6, 6.07) is 23.5. The Labute approximate surface area is 247 Å². The van der Waals surface area contributed by atoms with Gasteiger partial charge in [-0.1, -0.05) is 60.7 Å². The number of carbonyl (C=O) groups is 3. The molecule has 0 spiro atoms. The van der Waals surface area contributed by atoms with Crippen LogP contribution in [0.2, 0.25) is 0 Å². The minimum Gasteiger partial charge on any atom is -0.489 e. The zero-order valence-corrected chi connectivity index (χ0v) is 24.0. The fourth-order valence-corrected chi connectivity index (χ4v) is 4.40. The van der Waals surface area contributed by atoms with Crippen LogP contribution in [0.5, 0.6) is 11.5 Å². The number of benzene rings is 3. The number of nitrogens with zero attached hydrogens (tertiary/aromatic N) is 2. The Morgan fingerprint density at radius 3 is 2.02 bits per heavy atom. The average Bonchev–Trinajstić information content (AvgIpc) is 2.98. The van der Waals surface area contributed by atoms with Gasteiger partial charge in [-0.3, -0.25) is 14.4 Å². The molecule has 0 aliphatic carbocycles. The van der Waals surface area contributed by atoms with Crippen molar-refractivity contribution in [3.63, 3.8) is 0 Å². The molecule has 218 valence electrons. The number of primary amides is 1. The number of piperazine rings is 1. The fraction of sp³-hybridized carbons (Fsp3) is 0.323. The summed E-state index contributed by atoms with van der Waals surface area (Å²) in [7, 11) is 2.00. The summed E-state index contributed by atoms with van der Waals surface area (Å²) in [4.78, 5) is 42.3. The number of halogens is 1. The van der Waals surface area contributed by atoms with E-state index in [1.165, 1.54) is 0 Å². The molecule has 10 heteroatoms. The maximum Gasteiger partial charge on any atom is 0.255 e. The lowest BCUT2D eigenvalue weighted by atomic mass is 10.1. The van der Waals surface area contributed by atoms with Gasteiger partial charge < -0.3 is 30.3 Å². The topological polar surface area (TPSA) is 114 Å². The first-order valence-electron chi connectivity index (χ1n) is 13.4. The maximum atomic E-state index is 13.5. The molecule has 41 heavy (non-hydrogen) atoms. The second-order valence-electron chi connectivity index (χ2n) is 9.87. The Balaban J connectivity index is 0.00000462. The maximum absolute atomic E-state index is 13.5. The number of ether oxygens (including phenoxy) is 2. The van der Waals surface area contributed by atoms with Crippen LogP contribution in [0.3, 0.4) is 0 Å². The largest absolute Gasteiger partial charge is 0.489 e. The third-order valence-electron chi connectivity index (χ3n) is 6.78. The Kier molecular flexibility index (Phi) is 12.0. The lowest BCUT2D eigenvalue weighted by Gasteiger charge is -2.34.